The van der Waals surface area contributed by atoms with Gasteiger partial charge in [0.05, 0.1) is 6.54 Å². The number of esters is 3. The lowest BCUT2D eigenvalue weighted by atomic mass is 10.2. The van der Waals surface area contributed by atoms with E-state index in [4.69, 9.17) is 18.9 Å². The van der Waals surface area contributed by atoms with Gasteiger partial charge in [0.1, 0.15) is 19.3 Å². The number of cyclic esters (lactones) is 2. The number of alkyl carbamates (subject to hydrolysis) is 1. The standard InChI is InChI=1S/C13H15NO8/c15-10(19-6-8-1-2-12(17)21-8)3-4-11(16)20-7-9-5-14-13(18)22-9/h3-4,8-9H,1-2,5-7H2,(H,14,18)/b4-3+/t8-,9-/m1/s1. The molecule has 0 spiro atoms. The molecule has 0 bridgehead atoms. The van der Waals surface area contributed by atoms with Crippen molar-refractivity contribution >= 4 is 24.0 Å². The second-order valence-electron chi connectivity index (χ2n) is 4.65. The normalized spacial score (nSPS) is 23.8. The van der Waals surface area contributed by atoms with E-state index in [2.05, 4.69) is 5.32 Å². The number of rotatable bonds is 6. The molecule has 2 rings (SSSR count). The van der Waals surface area contributed by atoms with Crippen LogP contribution in [0.15, 0.2) is 12.2 Å². The van der Waals surface area contributed by atoms with E-state index in [1.807, 2.05) is 0 Å². The second-order valence-corrected chi connectivity index (χ2v) is 4.65. The van der Waals surface area contributed by atoms with E-state index < -0.39 is 30.2 Å². The fraction of sp³-hybridized carbons (Fsp3) is 0.538. The molecule has 2 heterocycles. The predicted octanol–water partition coefficient (Wildman–Crippen LogP) is -0.557. The second kappa shape index (κ2) is 7.43. The lowest BCUT2D eigenvalue weighted by molar-refractivity contribution is -0.149. The maximum Gasteiger partial charge on any atom is 0.407 e. The van der Waals surface area contributed by atoms with Crippen molar-refractivity contribution in [1.82, 2.24) is 5.32 Å². The van der Waals surface area contributed by atoms with Gasteiger partial charge in [-0.1, -0.05) is 0 Å². The van der Waals surface area contributed by atoms with Gasteiger partial charge in [0.25, 0.3) is 0 Å². The molecule has 2 fully saturated rings. The van der Waals surface area contributed by atoms with Crippen molar-refractivity contribution in [1.29, 1.82) is 0 Å². The number of hydrogen-bond donors (Lipinski definition) is 1. The number of carbonyl (C=O) groups is 4. The molecule has 0 radical (unpaired) electrons. The maximum atomic E-state index is 11.4. The van der Waals surface area contributed by atoms with Gasteiger partial charge >= 0.3 is 24.0 Å². The van der Waals surface area contributed by atoms with Crippen LogP contribution in [0.4, 0.5) is 4.79 Å². The van der Waals surface area contributed by atoms with Crippen LogP contribution in [0.2, 0.25) is 0 Å². The topological polar surface area (TPSA) is 117 Å². The largest absolute Gasteiger partial charge is 0.459 e. The van der Waals surface area contributed by atoms with Crippen molar-refractivity contribution in [3.8, 4) is 0 Å². The summed E-state index contributed by atoms with van der Waals surface area (Å²) in [6.07, 6.45) is 1.12. The summed E-state index contributed by atoms with van der Waals surface area (Å²) in [6, 6.07) is 0. The molecule has 9 nitrogen and oxygen atoms in total. The Kier molecular flexibility index (Phi) is 5.34. The van der Waals surface area contributed by atoms with Crippen LogP contribution in [0, 0.1) is 0 Å². The molecule has 0 aliphatic carbocycles. The van der Waals surface area contributed by atoms with Crippen LogP contribution in [0.25, 0.3) is 0 Å². The van der Waals surface area contributed by atoms with Crippen LogP contribution < -0.4 is 5.32 Å². The van der Waals surface area contributed by atoms with Crippen molar-refractivity contribution < 1.29 is 38.1 Å². The average molecular weight is 313 g/mol. The van der Waals surface area contributed by atoms with Crippen LogP contribution in [-0.4, -0.2) is 56.0 Å². The molecular weight excluding hydrogens is 298 g/mol. The first-order chi connectivity index (χ1) is 10.5. The predicted molar refractivity (Wildman–Crippen MR) is 68.4 cm³/mol. The fourth-order valence-electron chi connectivity index (χ4n) is 1.81. The van der Waals surface area contributed by atoms with Crippen molar-refractivity contribution in [3.05, 3.63) is 12.2 Å². The molecule has 2 saturated heterocycles. The van der Waals surface area contributed by atoms with Crippen LogP contribution in [0.5, 0.6) is 0 Å². The molecule has 0 unspecified atom stereocenters. The van der Waals surface area contributed by atoms with Gasteiger partial charge in [-0.25, -0.2) is 14.4 Å². The Balaban J connectivity index is 1.60. The Bertz CT molecular complexity index is 456. The number of amides is 1. The van der Waals surface area contributed by atoms with Crippen molar-refractivity contribution in [2.45, 2.75) is 25.0 Å². The Morgan fingerprint density at radius 2 is 1.73 bits per heavy atom. The summed E-state index contributed by atoms with van der Waals surface area (Å²) < 4.78 is 19.2. The monoisotopic (exact) mass is 313 g/mol. The van der Waals surface area contributed by atoms with Crippen molar-refractivity contribution in [2.75, 3.05) is 19.8 Å². The van der Waals surface area contributed by atoms with E-state index in [1.54, 1.807) is 0 Å². The highest BCUT2D eigenvalue weighted by Gasteiger charge is 2.24. The molecule has 0 aromatic rings. The molecule has 0 saturated carbocycles. The fourth-order valence-corrected chi connectivity index (χ4v) is 1.81. The molecule has 0 aromatic carbocycles. The van der Waals surface area contributed by atoms with Gasteiger partial charge in [0.2, 0.25) is 0 Å². The van der Waals surface area contributed by atoms with Gasteiger partial charge in [0, 0.05) is 18.6 Å². The van der Waals surface area contributed by atoms with E-state index in [-0.39, 0.29) is 25.7 Å². The Morgan fingerprint density at radius 1 is 1.09 bits per heavy atom. The molecule has 0 aromatic heterocycles. The van der Waals surface area contributed by atoms with Gasteiger partial charge in [-0.05, 0) is 6.42 Å². The first-order valence-electron chi connectivity index (χ1n) is 6.68. The Labute approximate surface area is 125 Å². The third-order valence-corrected chi connectivity index (χ3v) is 2.89. The van der Waals surface area contributed by atoms with Gasteiger partial charge < -0.3 is 24.3 Å². The zero-order valence-corrected chi connectivity index (χ0v) is 11.6. The van der Waals surface area contributed by atoms with E-state index in [0.717, 1.165) is 12.2 Å². The van der Waals surface area contributed by atoms with E-state index in [1.165, 1.54) is 0 Å². The third kappa shape index (κ3) is 5.08. The van der Waals surface area contributed by atoms with E-state index >= 15 is 0 Å². The van der Waals surface area contributed by atoms with Crippen LogP contribution in [0.1, 0.15) is 12.8 Å². The minimum absolute atomic E-state index is 0.0480. The highest BCUT2D eigenvalue weighted by atomic mass is 16.6. The Morgan fingerprint density at radius 3 is 2.23 bits per heavy atom. The first-order valence-corrected chi connectivity index (χ1v) is 6.68. The SMILES string of the molecule is O=C(/C=C/C(=O)OC[C@H]1CNC(=O)O1)OC[C@H]1CCC(=O)O1. The summed E-state index contributed by atoms with van der Waals surface area (Å²) in [5.74, 6) is -1.82. The summed E-state index contributed by atoms with van der Waals surface area (Å²) in [7, 11) is 0. The zero-order valence-electron chi connectivity index (χ0n) is 11.6. The Hall–Kier alpha value is -2.58. The number of hydrogen-bond acceptors (Lipinski definition) is 8. The summed E-state index contributed by atoms with van der Waals surface area (Å²) >= 11 is 0. The molecule has 120 valence electrons. The molecule has 1 amide bonds. The van der Waals surface area contributed by atoms with E-state index in [0.29, 0.717) is 12.8 Å². The maximum absolute atomic E-state index is 11.4. The quantitative estimate of drug-likeness (QED) is 0.394. The van der Waals surface area contributed by atoms with Gasteiger partial charge in [-0.2, -0.15) is 0 Å². The zero-order chi connectivity index (χ0) is 15.9. The summed E-state index contributed by atoms with van der Waals surface area (Å²) in [5, 5.41) is 2.41. The average Bonchev–Trinajstić information content (AvgIpc) is 3.09. The van der Waals surface area contributed by atoms with Crippen LogP contribution >= 0.6 is 0 Å². The molecular formula is C13H15NO8. The molecule has 2 aliphatic rings. The number of ether oxygens (including phenoxy) is 4. The van der Waals surface area contributed by atoms with Gasteiger partial charge in [-0.3, -0.25) is 4.79 Å². The number of carbonyl (C=O) groups excluding carboxylic acids is 4. The van der Waals surface area contributed by atoms with Crippen LogP contribution in [0.3, 0.4) is 0 Å². The van der Waals surface area contributed by atoms with Crippen molar-refractivity contribution in [2.24, 2.45) is 0 Å². The van der Waals surface area contributed by atoms with Crippen LogP contribution in [-0.2, 0) is 33.3 Å². The van der Waals surface area contributed by atoms with Gasteiger partial charge in [-0.15, -0.1) is 0 Å². The minimum Gasteiger partial charge on any atom is -0.459 e. The molecule has 2 aliphatic heterocycles. The van der Waals surface area contributed by atoms with E-state index in [9.17, 15) is 19.2 Å². The summed E-state index contributed by atoms with van der Waals surface area (Å²) in [6.45, 7) is 0.112. The van der Waals surface area contributed by atoms with Crippen molar-refractivity contribution in [3.63, 3.8) is 0 Å². The lowest BCUT2D eigenvalue weighted by Crippen LogP contribution is -2.22. The summed E-state index contributed by atoms with van der Waals surface area (Å²) in [4.78, 5) is 44.3. The molecule has 9 heteroatoms. The number of nitrogens with one attached hydrogen (secondary N) is 1. The third-order valence-electron chi connectivity index (χ3n) is 2.89. The smallest absolute Gasteiger partial charge is 0.407 e. The molecule has 1 N–H and O–H groups in total. The first kappa shape index (κ1) is 15.8. The lowest BCUT2D eigenvalue weighted by Gasteiger charge is -2.08. The highest BCUT2D eigenvalue weighted by molar-refractivity contribution is 5.91. The minimum atomic E-state index is -0.757. The highest BCUT2D eigenvalue weighted by Crippen LogP contribution is 2.13. The molecule has 22 heavy (non-hydrogen) atoms. The van der Waals surface area contributed by atoms with Gasteiger partial charge in [0.15, 0.2) is 6.10 Å². The molecule has 2 atom stereocenters. The summed E-state index contributed by atoms with van der Waals surface area (Å²) in [5.41, 5.74) is 0.